The molecule has 3 rings (SSSR count). The Hall–Kier alpha value is -4.03. The Morgan fingerprint density at radius 2 is 1.13 bits per heavy atom. The van der Waals surface area contributed by atoms with Crippen molar-refractivity contribution in [3.8, 4) is 0 Å². The fourth-order valence-corrected chi connectivity index (χ4v) is 2.14. The van der Waals surface area contributed by atoms with E-state index in [9.17, 15) is 19.2 Å². The molecule has 1 aromatic carbocycles. The van der Waals surface area contributed by atoms with Gasteiger partial charge in [-0.2, -0.15) is 0 Å². The van der Waals surface area contributed by atoms with Crippen molar-refractivity contribution in [2.45, 2.75) is 12.2 Å². The van der Waals surface area contributed by atoms with Crippen LogP contribution in [0.2, 0.25) is 0 Å². The van der Waals surface area contributed by atoms with Crippen molar-refractivity contribution in [2.24, 2.45) is 0 Å². The molecule has 0 bridgehead atoms. The Balaban J connectivity index is 0.000000735. The third-order valence-electron chi connectivity index (χ3n) is 3.46. The SMILES string of the molecule is O=C(O)O.O=C1OCC(COC(=O)c2ccc(C(=O)OCC3COC(=O)O3)cc2)O1. The van der Waals surface area contributed by atoms with E-state index in [-0.39, 0.29) is 37.6 Å². The van der Waals surface area contributed by atoms with Crippen molar-refractivity contribution in [1.82, 2.24) is 0 Å². The molecule has 0 radical (unpaired) electrons. The van der Waals surface area contributed by atoms with Gasteiger partial charge in [-0.25, -0.2) is 24.0 Å². The van der Waals surface area contributed by atoms with Gasteiger partial charge in [0.15, 0.2) is 12.2 Å². The van der Waals surface area contributed by atoms with E-state index in [2.05, 4.69) is 9.47 Å². The minimum atomic E-state index is -1.83. The van der Waals surface area contributed by atoms with E-state index in [1.165, 1.54) is 24.3 Å². The average Bonchev–Trinajstić information content (AvgIpc) is 3.31. The maximum absolute atomic E-state index is 11.9. The van der Waals surface area contributed by atoms with E-state index in [1.54, 1.807) is 0 Å². The summed E-state index contributed by atoms with van der Waals surface area (Å²) in [6.07, 6.45) is -4.69. The second-order valence-corrected chi connectivity index (χ2v) is 5.66. The summed E-state index contributed by atoms with van der Waals surface area (Å²) in [5.41, 5.74) is 0.426. The zero-order valence-electron chi connectivity index (χ0n) is 15.2. The maximum atomic E-state index is 11.9. The van der Waals surface area contributed by atoms with Crippen LogP contribution in [0.1, 0.15) is 20.7 Å². The molecule has 0 spiro atoms. The predicted octanol–water partition coefficient (Wildman–Crippen LogP) is 1.29. The molecular formula is C17H16O13. The van der Waals surface area contributed by atoms with Gasteiger partial charge in [0, 0.05) is 0 Å². The van der Waals surface area contributed by atoms with Crippen LogP contribution in [0.3, 0.4) is 0 Å². The monoisotopic (exact) mass is 428 g/mol. The molecule has 13 heteroatoms. The number of carbonyl (C=O) groups excluding carboxylic acids is 4. The lowest BCUT2D eigenvalue weighted by Gasteiger charge is -2.09. The first-order chi connectivity index (χ1) is 14.2. The fraction of sp³-hybridized carbons (Fsp3) is 0.353. The van der Waals surface area contributed by atoms with Gasteiger partial charge < -0.3 is 38.6 Å². The fourth-order valence-electron chi connectivity index (χ4n) is 2.14. The van der Waals surface area contributed by atoms with Crippen LogP contribution in [0.4, 0.5) is 14.4 Å². The summed E-state index contributed by atoms with van der Waals surface area (Å²) in [7, 11) is 0. The van der Waals surface area contributed by atoms with Crippen LogP contribution in [0.5, 0.6) is 0 Å². The van der Waals surface area contributed by atoms with Crippen molar-refractivity contribution in [3.05, 3.63) is 35.4 Å². The van der Waals surface area contributed by atoms with Gasteiger partial charge >= 0.3 is 30.4 Å². The van der Waals surface area contributed by atoms with Crippen molar-refractivity contribution in [3.63, 3.8) is 0 Å². The average molecular weight is 428 g/mol. The number of benzene rings is 1. The molecule has 2 fully saturated rings. The molecule has 2 N–H and O–H groups in total. The highest BCUT2D eigenvalue weighted by Gasteiger charge is 2.27. The summed E-state index contributed by atoms with van der Waals surface area (Å²) in [6.45, 7) is -0.205. The van der Waals surface area contributed by atoms with E-state index in [1.807, 2.05) is 0 Å². The number of carboxylic acid groups (broad SMARTS) is 2. The van der Waals surface area contributed by atoms with Crippen LogP contribution in [0.25, 0.3) is 0 Å². The molecule has 162 valence electrons. The second-order valence-electron chi connectivity index (χ2n) is 5.66. The first-order valence-corrected chi connectivity index (χ1v) is 8.27. The molecule has 30 heavy (non-hydrogen) atoms. The van der Waals surface area contributed by atoms with Crippen LogP contribution in [0, 0.1) is 0 Å². The number of rotatable bonds is 6. The number of esters is 2. The van der Waals surface area contributed by atoms with E-state index < -0.39 is 42.6 Å². The van der Waals surface area contributed by atoms with Gasteiger partial charge in [-0.15, -0.1) is 0 Å². The van der Waals surface area contributed by atoms with Crippen molar-refractivity contribution in [2.75, 3.05) is 26.4 Å². The first kappa shape index (κ1) is 22.3. The Labute approximate surface area is 168 Å². The number of hydrogen-bond acceptors (Lipinski definition) is 11. The van der Waals surface area contributed by atoms with Crippen molar-refractivity contribution < 1.29 is 62.6 Å². The van der Waals surface area contributed by atoms with Gasteiger partial charge in [0.25, 0.3) is 0 Å². The summed E-state index contributed by atoms with van der Waals surface area (Å²) in [4.78, 5) is 53.9. The molecule has 0 aliphatic carbocycles. The maximum Gasteiger partial charge on any atom is 0.508 e. The van der Waals surface area contributed by atoms with Gasteiger partial charge in [0.2, 0.25) is 0 Å². The van der Waals surface area contributed by atoms with Crippen LogP contribution in [-0.2, 0) is 28.4 Å². The lowest BCUT2D eigenvalue weighted by molar-refractivity contribution is 0.0292. The van der Waals surface area contributed by atoms with Gasteiger partial charge in [0.1, 0.15) is 26.4 Å². The molecule has 13 nitrogen and oxygen atoms in total. The molecular weight excluding hydrogens is 412 g/mol. The summed E-state index contributed by atoms with van der Waals surface area (Å²) < 4.78 is 28.6. The quantitative estimate of drug-likeness (QED) is 0.489. The summed E-state index contributed by atoms with van der Waals surface area (Å²) >= 11 is 0. The van der Waals surface area contributed by atoms with Crippen LogP contribution >= 0.6 is 0 Å². The van der Waals surface area contributed by atoms with Gasteiger partial charge in [-0.1, -0.05) is 0 Å². The third kappa shape index (κ3) is 7.18. The zero-order chi connectivity index (χ0) is 22.1. The Kier molecular flexibility index (Phi) is 7.79. The molecule has 1 aromatic rings. The van der Waals surface area contributed by atoms with E-state index in [0.717, 1.165) is 0 Å². The molecule has 2 aliphatic heterocycles. The Bertz CT molecular complexity index is 735. The highest BCUT2D eigenvalue weighted by molar-refractivity contribution is 5.93. The number of hydrogen-bond donors (Lipinski definition) is 2. The second kappa shape index (κ2) is 10.5. The van der Waals surface area contributed by atoms with Crippen LogP contribution in [0.15, 0.2) is 24.3 Å². The summed E-state index contributed by atoms with van der Waals surface area (Å²) in [5, 5.41) is 13.9. The topological polar surface area (TPSA) is 181 Å². The van der Waals surface area contributed by atoms with Crippen LogP contribution < -0.4 is 0 Å². The third-order valence-corrected chi connectivity index (χ3v) is 3.46. The Morgan fingerprint density at radius 1 is 0.800 bits per heavy atom. The van der Waals surface area contributed by atoms with Crippen molar-refractivity contribution in [1.29, 1.82) is 0 Å². The minimum absolute atomic E-state index is 0.0260. The lowest BCUT2D eigenvalue weighted by atomic mass is 10.1. The molecule has 2 heterocycles. The summed E-state index contributed by atoms with van der Waals surface area (Å²) in [6, 6.07) is 5.59. The number of carbonyl (C=O) groups is 5. The first-order valence-electron chi connectivity index (χ1n) is 8.27. The standard InChI is InChI=1S/C16H14O10.CH2O3/c17-13(21-5-11-7-23-15(19)25-11)9-1-2-10(4-3-9)14(18)22-6-12-8-24-16(20)26-12;2-1(3)4/h1-4,11-12H,5-8H2;(H2,2,3,4). The van der Waals surface area contributed by atoms with Crippen molar-refractivity contribution >= 4 is 30.4 Å². The highest BCUT2D eigenvalue weighted by Crippen LogP contribution is 2.12. The predicted molar refractivity (Wildman–Crippen MR) is 90.1 cm³/mol. The Morgan fingerprint density at radius 3 is 1.40 bits per heavy atom. The lowest BCUT2D eigenvalue weighted by Crippen LogP contribution is -2.21. The minimum Gasteiger partial charge on any atom is -0.458 e. The van der Waals surface area contributed by atoms with E-state index in [0.29, 0.717) is 0 Å². The van der Waals surface area contributed by atoms with E-state index >= 15 is 0 Å². The van der Waals surface area contributed by atoms with Gasteiger partial charge in [-0.05, 0) is 24.3 Å². The largest absolute Gasteiger partial charge is 0.508 e. The number of cyclic esters (lactones) is 4. The van der Waals surface area contributed by atoms with Gasteiger partial charge in [-0.3, -0.25) is 0 Å². The smallest absolute Gasteiger partial charge is 0.458 e. The molecule has 2 unspecified atom stereocenters. The number of ether oxygens (including phenoxy) is 6. The highest BCUT2D eigenvalue weighted by atomic mass is 16.8. The molecule has 2 saturated heterocycles. The zero-order valence-corrected chi connectivity index (χ0v) is 15.2. The molecule has 0 aromatic heterocycles. The molecule has 0 saturated carbocycles. The molecule has 2 atom stereocenters. The van der Waals surface area contributed by atoms with E-state index in [4.69, 9.17) is 34.0 Å². The summed E-state index contributed by atoms with van der Waals surface area (Å²) in [5.74, 6) is -1.27. The van der Waals surface area contributed by atoms with Gasteiger partial charge in [0.05, 0.1) is 11.1 Å². The van der Waals surface area contributed by atoms with Crippen LogP contribution in [-0.4, -0.2) is 79.3 Å². The molecule has 2 aliphatic rings. The normalized spacial score (nSPS) is 19.2. The molecule has 0 amide bonds.